The Morgan fingerprint density at radius 1 is 0.840 bits per heavy atom. The zero-order valence-electron chi connectivity index (χ0n) is 13.7. The van der Waals surface area contributed by atoms with Gasteiger partial charge in [-0.15, -0.1) is 0 Å². The first kappa shape index (κ1) is 19.6. The lowest BCUT2D eigenvalue weighted by atomic mass is 10.1. The fourth-order valence-electron chi connectivity index (χ4n) is 2.18. The molecule has 0 atom stereocenters. The van der Waals surface area contributed by atoms with E-state index in [1.165, 1.54) is 6.26 Å². The van der Waals surface area contributed by atoms with Gasteiger partial charge >= 0.3 is 0 Å². The maximum absolute atomic E-state index is 11.9. The lowest BCUT2D eigenvalue weighted by Crippen LogP contribution is -2.35. The van der Waals surface area contributed by atoms with Crippen LogP contribution in [0.3, 0.4) is 0 Å². The van der Waals surface area contributed by atoms with Gasteiger partial charge in [0.1, 0.15) is 5.76 Å². The average molecular weight is 386 g/mol. The predicted molar refractivity (Wildman–Crippen MR) is 95.9 cm³/mol. The highest BCUT2D eigenvalue weighted by atomic mass is 32.2. The molecule has 1 aromatic heterocycles. The Hall–Kier alpha value is -1.68. The molecule has 0 radical (unpaired) electrons. The molecule has 0 aliphatic heterocycles. The van der Waals surface area contributed by atoms with Gasteiger partial charge in [0.15, 0.2) is 0 Å². The van der Waals surface area contributed by atoms with Crippen LogP contribution in [0.1, 0.15) is 17.7 Å². The highest BCUT2D eigenvalue weighted by molar-refractivity contribution is 7.90. The number of rotatable bonds is 11. The molecule has 7 nitrogen and oxygen atoms in total. The third kappa shape index (κ3) is 7.82. The lowest BCUT2D eigenvalue weighted by Gasteiger charge is -2.08. The second-order valence-corrected chi connectivity index (χ2v) is 9.37. The van der Waals surface area contributed by atoms with Gasteiger partial charge in [0, 0.05) is 6.54 Å². The summed E-state index contributed by atoms with van der Waals surface area (Å²) in [6, 6.07) is 12.9. The summed E-state index contributed by atoms with van der Waals surface area (Å²) in [4.78, 5) is 0. The lowest BCUT2D eigenvalue weighted by molar-refractivity contribution is 0.498. The number of aryl methyl sites for hydroxylation is 1. The Kier molecular flexibility index (Phi) is 7.18. The second-order valence-electron chi connectivity index (χ2n) is 5.52. The smallest absolute Gasteiger partial charge is 0.213 e. The van der Waals surface area contributed by atoms with Gasteiger partial charge in [-0.2, -0.15) is 0 Å². The summed E-state index contributed by atoms with van der Waals surface area (Å²) in [5.41, 5.74) is 1.07. The molecule has 0 spiro atoms. The zero-order valence-corrected chi connectivity index (χ0v) is 15.4. The van der Waals surface area contributed by atoms with Crippen LogP contribution in [0.4, 0.5) is 0 Å². The number of benzene rings is 1. The second kappa shape index (κ2) is 9.14. The van der Waals surface area contributed by atoms with Crippen LogP contribution in [0.2, 0.25) is 0 Å². The van der Waals surface area contributed by atoms with Crippen molar-refractivity contribution in [2.24, 2.45) is 0 Å². The Balaban J connectivity index is 1.68. The highest BCUT2D eigenvalue weighted by Crippen LogP contribution is 2.04. The van der Waals surface area contributed by atoms with Gasteiger partial charge in [0.2, 0.25) is 20.0 Å². The standard InChI is InChI=1S/C16H22N2O5S2/c19-24(20,12-5-8-15-6-2-1-3-7-15)17-10-13-25(21,22)18-14-16-9-4-11-23-16/h1-4,6-7,9,11,17-18H,5,8,10,12-14H2. The number of sulfonamides is 2. The molecule has 2 aromatic rings. The van der Waals surface area contributed by atoms with Crippen molar-refractivity contribution >= 4 is 20.0 Å². The summed E-state index contributed by atoms with van der Waals surface area (Å²) in [5, 5.41) is 0. The van der Waals surface area contributed by atoms with E-state index in [1.54, 1.807) is 12.1 Å². The normalized spacial score (nSPS) is 12.3. The monoisotopic (exact) mass is 386 g/mol. The molecule has 138 valence electrons. The Bertz CT molecular complexity index is 832. The van der Waals surface area contributed by atoms with E-state index in [0.717, 1.165) is 5.56 Å². The van der Waals surface area contributed by atoms with Crippen molar-refractivity contribution in [1.29, 1.82) is 0 Å². The number of furan rings is 1. The Morgan fingerprint density at radius 2 is 1.56 bits per heavy atom. The molecule has 0 bridgehead atoms. The molecule has 0 saturated heterocycles. The quantitative estimate of drug-likeness (QED) is 0.605. The fourth-order valence-corrected chi connectivity index (χ4v) is 4.27. The van der Waals surface area contributed by atoms with Gasteiger partial charge in [-0.05, 0) is 30.5 Å². The molecular weight excluding hydrogens is 364 g/mol. The van der Waals surface area contributed by atoms with Crippen molar-refractivity contribution in [2.75, 3.05) is 18.1 Å². The fraction of sp³-hybridized carbons (Fsp3) is 0.375. The first-order chi connectivity index (χ1) is 11.9. The van der Waals surface area contributed by atoms with Crippen molar-refractivity contribution in [3.05, 3.63) is 60.1 Å². The summed E-state index contributed by atoms with van der Waals surface area (Å²) < 4.78 is 57.2. The molecule has 0 unspecified atom stereocenters. The molecule has 25 heavy (non-hydrogen) atoms. The highest BCUT2D eigenvalue weighted by Gasteiger charge is 2.14. The van der Waals surface area contributed by atoms with Gasteiger partial charge < -0.3 is 4.42 Å². The number of nitrogens with one attached hydrogen (secondary N) is 2. The van der Waals surface area contributed by atoms with E-state index in [4.69, 9.17) is 4.42 Å². The van der Waals surface area contributed by atoms with Crippen molar-refractivity contribution < 1.29 is 21.3 Å². The molecule has 0 saturated carbocycles. The third-order valence-corrected chi connectivity index (χ3v) is 6.26. The van der Waals surface area contributed by atoms with Crippen LogP contribution in [-0.2, 0) is 33.0 Å². The van der Waals surface area contributed by atoms with Crippen LogP contribution >= 0.6 is 0 Å². The molecule has 2 N–H and O–H groups in total. The molecule has 1 aromatic carbocycles. The first-order valence-electron chi connectivity index (χ1n) is 7.87. The van der Waals surface area contributed by atoms with Crippen molar-refractivity contribution in [2.45, 2.75) is 19.4 Å². The van der Waals surface area contributed by atoms with Crippen LogP contribution in [0.25, 0.3) is 0 Å². The van der Waals surface area contributed by atoms with E-state index < -0.39 is 20.0 Å². The minimum atomic E-state index is -3.58. The summed E-state index contributed by atoms with van der Waals surface area (Å²) in [6.45, 7) is -0.125. The van der Waals surface area contributed by atoms with E-state index in [0.29, 0.717) is 18.6 Å². The van der Waals surface area contributed by atoms with Crippen molar-refractivity contribution in [3.63, 3.8) is 0 Å². The third-order valence-electron chi connectivity index (χ3n) is 3.46. The molecule has 0 amide bonds. The molecular formula is C16H22N2O5S2. The van der Waals surface area contributed by atoms with Gasteiger partial charge in [-0.3, -0.25) is 0 Å². The molecule has 0 aliphatic carbocycles. The van der Waals surface area contributed by atoms with Gasteiger partial charge in [-0.1, -0.05) is 30.3 Å². The predicted octanol–water partition coefficient (Wildman–Crippen LogP) is 1.25. The van der Waals surface area contributed by atoms with E-state index in [9.17, 15) is 16.8 Å². The number of hydrogen-bond acceptors (Lipinski definition) is 5. The van der Waals surface area contributed by atoms with E-state index in [-0.39, 0.29) is 24.6 Å². The summed E-state index contributed by atoms with van der Waals surface area (Å²) >= 11 is 0. The SMILES string of the molecule is O=S(=O)(CCCc1ccccc1)NCCS(=O)(=O)NCc1ccco1. The van der Waals surface area contributed by atoms with Crippen LogP contribution in [0.5, 0.6) is 0 Å². The Morgan fingerprint density at radius 3 is 2.24 bits per heavy atom. The molecule has 0 fully saturated rings. The minimum Gasteiger partial charge on any atom is -0.468 e. The maximum atomic E-state index is 11.9. The van der Waals surface area contributed by atoms with Crippen molar-refractivity contribution in [3.8, 4) is 0 Å². The maximum Gasteiger partial charge on any atom is 0.213 e. The summed E-state index contributed by atoms with van der Waals surface area (Å²) in [6.07, 6.45) is 2.58. The summed E-state index contributed by atoms with van der Waals surface area (Å²) in [5.74, 6) is 0.123. The van der Waals surface area contributed by atoms with E-state index in [1.807, 2.05) is 30.3 Å². The van der Waals surface area contributed by atoms with Crippen LogP contribution in [-0.4, -0.2) is 34.9 Å². The van der Waals surface area contributed by atoms with E-state index >= 15 is 0 Å². The van der Waals surface area contributed by atoms with Gasteiger partial charge in [-0.25, -0.2) is 26.3 Å². The molecule has 1 heterocycles. The van der Waals surface area contributed by atoms with Gasteiger partial charge in [0.25, 0.3) is 0 Å². The van der Waals surface area contributed by atoms with Crippen molar-refractivity contribution in [1.82, 2.24) is 9.44 Å². The van der Waals surface area contributed by atoms with E-state index in [2.05, 4.69) is 9.44 Å². The van der Waals surface area contributed by atoms with Gasteiger partial charge in [0.05, 0.1) is 24.3 Å². The zero-order chi connectivity index (χ0) is 18.2. The molecule has 2 rings (SSSR count). The Labute approximate surface area is 148 Å². The van der Waals surface area contributed by atoms with Crippen LogP contribution in [0.15, 0.2) is 53.1 Å². The number of hydrogen-bond donors (Lipinski definition) is 2. The topological polar surface area (TPSA) is 105 Å². The largest absolute Gasteiger partial charge is 0.468 e. The first-order valence-corrected chi connectivity index (χ1v) is 11.2. The molecule has 9 heteroatoms. The minimum absolute atomic E-state index is 0.0399. The van der Waals surface area contributed by atoms with Crippen LogP contribution in [0, 0.1) is 0 Å². The average Bonchev–Trinajstić information content (AvgIpc) is 3.07. The van der Waals surface area contributed by atoms with Crippen LogP contribution < -0.4 is 9.44 Å². The molecule has 0 aliphatic rings. The summed E-state index contributed by atoms with van der Waals surface area (Å²) in [7, 11) is -7.07.